The second-order valence-electron chi connectivity index (χ2n) is 21.4. The lowest BCUT2D eigenvalue weighted by Crippen LogP contribution is -2.69. The molecule has 33 heteroatoms. The lowest BCUT2D eigenvalue weighted by Gasteiger charge is -2.51. The topological polar surface area (TPSA) is 501 Å². The van der Waals surface area contributed by atoms with Crippen LogP contribution < -0.4 is 4.74 Å². The van der Waals surface area contributed by atoms with Gasteiger partial charge in [-0.2, -0.15) is 0 Å². The van der Waals surface area contributed by atoms with Gasteiger partial charge in [0.2, 0.25) is 5.79 Å². The highest BCUT2D eigenvalue weighted by Gasteiger charge is 2.64. The van der Waals surface area contributed by atoms with E-state index >= 15 is 0 Å². The molecule has 502 valence electrons. The Morgan fingerprint density at radius 1 is 0.516 bits per heavy atom. The maximum Gasteiger partial charge on any atom is 0.338 e. The van der Waals surface area contributed by atoms with Crippen molar-refractivity contribution in [3.05, 3.63) is 102 Å². The van der Waals surface area contributed by atoms with Gasteiger partial charge in [0, 0.05) is 19.1 Å². The van der Waals surface area contributed by atoms with Gasteiger partial charge in [-0.05, 0) is 59.7 Å². The summed E-state index contributed by atoms with van der Waals surface area (Å²) in [5.41, 5.74) is 0.434. The first kappa shape index (κ1) is 70.4. The highest BCUT2D eigenvalue weighted by atomic mass is 16.8. The number of aliphatic hydroxyl groups excluding tert-OH is 13. The molecule has 5 fully saturated rings. The molecule has 0 aromatic heterocycles. The van der Waals surface area contributed by atoms with Crippen LogP contribution in [0.3, 0.4) is 0 Å². The number of aliphatic hydroxyl groups is 13. The molecule has 5 aliphatic heterocycles. The van der Waals surface area contributed by atoms with Crippen LogP contribution in [0.4, 0.5) is 0 Å². The highest BCUT2D eigenvalue weighted by molar-refractivity contribution is 5.90. The molecule has 0 unspecified atom stereocenters. The third-order valence-electron chi connectivity index (χ3n) is 15.2. The zero-order valence-corrected chi connectivity index (χ0v) is 48.3. The molecule has 91 heavy (non-hydrogen) atoms. The van der Waals surface area contributed by atoms with Gasteiger partial charge in [0.15, 0.2) is 48.9 Å². The van der Waals surface area contributed by atoms with E-state index in [-0.39, 0.29) is 28.4 Å². The Kier molecular flexibility index (Phi) is 24.3. The minimum atomic E-state index is -2.99. The van der Waals surface area contributed by atoms with Crippen LogP contribution in [0.5, 0.6) is 17.2 Å². The first-order valence-electron chi connectivity index (χ1n) is 28.2. The molecule has 0 aliphatic carbocycles. The zero-order chi connectivity index (χ0) is 66.0. The Labute approximate surface area is 516 Å². The monoisotopic (exact) mass is 1300 g/mol. The van der Waals surface area contributed by atoms with E-state index in [1.54, 1.807) is 6.07 Å². The van der Waals surface area contributed by atoms with Crippen molar-refractivity contribution in [3.8, 4) is 17.2 Å². The van der Waals surface area contributed by atoms with E-state index in [4.69, 9.17) is 66.3 Å². The third-order valence-corrected chi connectivity index (χ3v) is 15.2. The second kappa shape index (κ2) is 31.4. The molecular formula is C58H72O33. The van der Waals surface area contributed by atoms with E-state index < -0.39 is 210 Å². The summed E-state index contributed by atoms with van der Waals surface area (Å²) in [6, 6.07) is 16.4. The van der Waals surface area contributed by atoms with Crippen molar-refractivity contribution in [2.24, 2.45) is 0 Å². The number of aromatic hydroxyl groups is 2. The van der Waals surface area contributed by atoms with Gasteiger partial charge >= 0.3 is 23.9 Å². The largest absolute Gasteiger partial charge is 0.508 e. The molecule has 3 aromatic rings. The standard InChI is InChI=1S/C58H72O33/c1-25(63)79-23-36-48(85-38(67)17-12-27-10-15-30(65)31(18-27)78-2)50(87-56-47(76)49(41(70)34(21-61)83-56)86-54-45(74)43(72)39(68)32(19-59)81-54)51(88-55-46(75)44(73)40(69)33(20-60)82-55)57(84-36)91-58(24-80-37(66)16-11-26-8-13-29(64)14-9-26)52(42(71)35(22-62)90-58)89-53(77)28-6-4-3-5-7-28/h3-18,32-36,39-52,54-57,59-62,64-65,68-76H,19-24H2,1-2H3/b16-11+,17-12+/t32-,33-,34-,35-,36-,39-,40-,41-,42-,43+,44+,45-,46-,47-,48-,49+,50+,51-,52+,54-,55+,56-,57-,58+/m1/s1. The molecule has 8 rings (SSSR count). The van der Waals surface area contributed by atoms with Crippen molar-refractivity contribution >= 4 is 36.0 Å². The number of phenols is 2. The number of hydrogen-bond acceptors (Lipinski definition) is 33. The van der Waals surface area contributed by atoms with Crippen LogP contribution in [0.25, 0.3) is 12.2 Å². The number of carbonyl (C=O) groups excluding carboxylic acids is 4. The zero-order valence-electron chi connectivity index (χ0n) is 48.3. The number of ether oxygens (including phenoxy) is 14. The molecule has 15 N–H and O–H groups in total. The smallest absolute Gasteiger partial charge is 0.338 e. The predicted octanol–water partition coefficient (Wildman–Crippen LogP) is -5.54. The number of rotatable bonds is 24. The maximum absolute atomic E-state index is 14.4. The molecule has 24 atom stereocenters. The minimum absolute atomic E-state index is 0.0317. The molecule has 5 heterocycles. The number of methoxy groups -OCH3 is 1. The average molecular weight is 1300 g/mol. The maximum atomic E-state index is 14.4. The highest BCUT2D eigenvalue weighted by Crippen LogP contribution is 2.43. The van der Waals surface area contributed by atoms with Gasteiger partial charge in [0.25, 0.3) is 0 Å². The van der Waals surface area contributed by atoms with Crippen LogP contribution in [0, 0.1) is 0 Å². The summed E-state index contributed by atoms with van der Waals surface area (Å²) in [4.78, 5) is 55.0. The van der Waals surface area contributed by atoms with Crippen molar-refractivity contribution in [1.82, 2.24) is 0 Å². The van der Waals surface area contributed by atoms with Gasteiger partial charge in [-0.3, -0.25) is 4.79 Å². The van der Waals surface area contributed by atoms with Crippen LogP contribution in [0.1, 0.15) is 28.4 Å². The number of benzene rings is 3. The SMILES string of the molecule is COc1cc(/C=C/C(=O)O[C@H]2[C@H](O[C@H]3O[C@H](CO)[C@@H](O)[C@H](O[C@H]4O[C@H](CO)[C@@H](O)[C@H](O)[C@H]4O)[C@H]3O)[C@@H](O[C@@H]3O[C@H](CO)[C@@H](O)[C@H](O)[C@H]3O)[C@@H](O[C@]3(COC(=O)/C=C/c4ccc(O)cc4)O[C@H](CO)[C@@H](O)[C@@H]3OC(=O)c3ccccc3)O[C@@H]2COC(C)=O)ccc1O. The van der Waals surface area contributed by atoms with Crippen LogP contribution >= 0.6 is 0 Å². The minimum Gasteiger partial charge on any atom is -0.508 e. The van der Waals surface area contributed by atoms with E-state index in [1.165, 1.54) is 86.0 Å². The fourth-order valence-corrected chi connectivity index (χ4v) is 10.4. The molecule has 33 nitrogen and oxygen atoms in total. The van der Waals surface area contributed by atoms with Crippen LogP contribution in [0.15, 0.2) is 84.9 Å². The molecule has 5 saturated heterocycles. The average Bonchev–Trinajstić information content (AvgIpc) is 1.75. The fourth-order valence-electron chi connectivity index (χ4n) is 10.4. The van der Waals surface area contributed by atoms with E-state index in [0.717, 1.165) is 19.1 Å². The molecule has 0 spiro atoms. The molecule has 0 amide bonds. The molecule has 0 bridgehead atoms. The number of hydrogen-bond donors (Lipinski definition) is 15. The lowest BCUT2D eigenvalue weighted by molar-refractivity contribution is -0.423. The first-order valence-corrected chi connectivity index (χ1v) is 28.2. The summed E-state index contributed by atoms with van der Waals surface area (Å²) in [5, 5.41) is 163. The summed E-state index contributed by atoms with van der Waals surface area (Å²) < 4.78 is 83.3. The van der Waals surface area contributed by atoms with E-state index in [2.05, 4.69) is 0 Å². The fraction of sp³-hybridized carbons (Fsp3) is 0.552. The Morgan fingerprint density at radius 2 is 1.04 bits per heavy atom. The van der Waals surface area contributed by atoms with E-state index in [9.17, 15) is 95.8 Å². The van der Waals surface area contributed by atoms with Crippen LogP contribution in [-0.2, 0) is 76.0 Å². The summed E-state index contributed by atoms with van der Waals surface area (Å²) in [7, 11) is 1.25. The van der Waals surface area contributed by atoms with Crippen LogP contribution in [-0.4, -0.2) is 294 Å². The molecule has 5 aliphatic rings. The van der Waals surface area contributed by atoms with Crippen molar-refractivity contribution < 1.29 is 162 Å². The van der Waals surface area contributed by atoms with E-state index in [0.29, 0.717) is 5.56 Å². The predicted molar refractivity (Wildman–Crippen MR) is 294 cm³/mol. The normalized spacial score (nSPS) is 36.8. The van der Waals surface area contributed by atoms with E-state index in [1.807, 2.05) is 0 Å². The molecule has 0 saturated carbocycles. The Bertz CT molecular complexity index is 2930. The second-order valence-corrected chi connectivity index (χ2v) is 21.4. The van der Waals surface area contributed by atoms with Crippen molar-refractivity contribution in [3.63, 3.8) is 0 Å². The quantitative estimate of drug-likeness (QED) is 0.0226. The molecule has 0 radical (unpaired) electrons. The third kappa shape index (κ3) is 16.5. The van der Waals surface area contributed by atoms with Gasteiger partial charge in [0.1, 0.15) is 123 Å². The van der Waals surface area contributed by atoms with Crippen molar-refractivity contribution in [2.75, 3.05) is 46.8 Å². The Morgan fingerprint density at radius 3 is 1.63 bits per heavy atom. The van der Waals surface area contributed by atoms with Gasteiger partial charge in [-0.15, -0.1) is 0 Å². The van der Waals surface area contributed by atoms with Gasteiger partial charge in [-0.25, -0.2) is 14.4 Å². The summed E-state index contributed by atoms with van der Waals surface area (Å²) >= 11 is 0. The summed E-state index contributed by atoms with van der Waals surface area (Å²) in [6.45, 7) is -5.62. The first-order chi connectivity index (χ1) is 43.4. The summed E-state index contributed by atoms with van der Waals surface area (Å²) in [5.74, 6) is -8.15. The van der Waals surface area contributed by atoms with Crippen LogP contribution in [0.2, 0.25) is 0 Å². The lowest BCUT2D eigenvalue weighted by atomic mass is 9.95. The van der Waals surface area contributed by atoms with Crippen molar-refractivity contribution in [1.29, 1.82) is 0 Å². The van der Waals surface area contributed by atoms with Crippen molar-refractivity contribution in [2.45, 2.75) is 154 Å². The van der Waals surface area contributed by atoms with Gasteiger partial charge < -0.3 is 143 Å². The molecule has 3 aromatic carbocycles. The van der Waals surface area contributed by atoms with Gasteiger partial charge in [-0.1, -0.05) is 36.4 Å². The summed E-state index contributed by atoms with van der Waals surface area (Å²) in [6.07, 6.45) is -45.3. The number of carbonyl (C=O) groups is 4. The van der Waals surface area contributed by atoms with Gasteiger partial charge in [0.05, 0.1) is 39.1 Å². The molecular weight excluding hydrogens is 1220 g/mol. The number of esters is 4. The Hall–Kier alpha value is -6.46. The Balaban J connectivity index is 1.29. The number of phenolic OH excluding ortho intramolecular Hbond substituents is 2.